The van der Waals surface area contributed by atoms with Crippen molar-refractivity contribution in [3.05, 3.63) is 60.7 Å². The second-order valence-corrected chi connectivity index (χ2v) is 12.7. The third kappa shape index (κ3) is 11.0. The topological polar surface area (TPSA) is 18.5 Å². The fraction of sp³-hybridized carbons (Fsp3) is 0.576. The van der Waals surface area contributed by atoms with Gasteiger partial charge in [0.05, 0.1) is 6.10 Å². The molecule has 0 bridgehead atoms. The lowest BCUT2D eigenvalue weighted by Crippen LogP contribution is -2.64. The van der Waals surface area contributed by atoms with Crippen LogP contribution in [0, 0.1) is 11.8 Å². The summed E-state index contributed by atoms with van der Waals surface area (Å²) in [5, 5.41) is 2.37. The van der Waals surface area contributed by atoms with Gasteiger partial charge in [-0.2, -0.15) is 0 Å². The van der Waals surface area contributed by atoms with Crippen molar-refractivity contribution in [1.82, 2.24) is 0 Å². The summed E-state index contributed by atoms with van der Waals surface area (Å²) in [7, 11) is -2.86. The Morgan fingerprint density at radius 3 is 1.67 bits per heavy atom. The van der Waals surface area contributed by atoms with Crippen LogP contribution in [0.4, 0.5) is 0 Å². The zero-order valence-corrected chi connectivity index (χ0v) is 24.3. The molecular weight excluding hydrogens is 456 g/mol. The van der Waals surface area contributed by atoms with Gasteiger partial charge in [-0.25, -0.2) is 0 Å². The molecule has 2 aromatic carbocycles. The first-order valence-electron chi connectivity index (χ1n) is 14.6. The number of hydrogen-bond acceptors (Lipinski definition) is 2. The molecule has 2 nitrogen and oxygen atoms in total. The van der Waals surface area contributed by atoms with Crippen LogP contribution in [-0.2, 0) is 8.85 Å². The summed E-state index contributed by atoms with van der Waals surface area (Å²) >= 11 is 0. The van der Waals surface area contributed by atoms with E-state index in [1.54, 1.807) is 0 Å². The maximum absolute atomic E-state index is 7.05. The Labute approximate surface area is 223 Å². The van der Waals surface area contributed by atoms with Crippen LogP contribution in [0.1, 0.15) is 111 Å². The van der Waals surface area contributed by atoms with E-state index in [1.807, 2.05) is 0 Å². The highest BCUT2D eigenvalue weighted by molar-refractivity contribution is 6.92. The van der Waals surface area contributed by atoms with Gasteiger partial charge in [-0.05, 0) is 29.6 Å². The van der Waals surface area contributed by atoms with E-state index in [-0.39, 0.29) is 6.10 Å². The first-order chi connectivity index (χ1) is 17.8. The summed E-state index contributed by atoms with van der Waals surface area (Å²) in [6.07, 6.45) is 17.0. The molecule has 0 saturated carbocycles. The molecule has 0 heterocycles. The third-order valence-corrected chi connectivity index (χ3v) is 10.2. The van der Waals surface area contributed by atoms with E-state index in [9.17, 15) is 0 Å². The summed E-state index contributed by atoms with van der Waals surface area (Å²) < 4.78 is 13.9. The zero-order chi connectivity index (χ0) is 25.7. The van der Waals surface area contributed by atoms with E-state index < -0.39 is 8.56 Å². The van der Waals surface area contributed by atoms with Crippen LogP contribution < -0.4 is 10.4 Å². The third-order valence-electron chi connectivity index (χ3n) is 6.73. The van der Waals surface area contributed by atoms with Gasteiger partial charge in [-0.15, -0.1) is 11.8 Å². The van der Waals surface area contributed by atoms with Gasteiger partial charge in [0.15, 0.2) is 0 Å². The molecular formula is C33H50O2Si. The fourth-order valence-electron chi connectivity index (χ4n) is 4.53. The molecule has 0 fully saturated rings. The van der Waals surface area contributed by atoms with E-state index in [2.05, 4.69) is 93.3 Å². The van der Waals surface area contributed by atoms with Gasteiger partial charge in [-0.1, -0.05) is 139 Å². The second kappa shape index (κ2) is 19.3. The highest BCUT2D eigenvalue weighted by Gasteiger charge is 2.44. The highest BCUT2D eigenvalue weighted by Crippen LogP contribution is 2.18. The molecule has 1 atom stereocenters. The first kappa shape index (κ1) is 30.4. The molecule has 0 amide bonds. The predicted molar refractivity (Wildman–Crippen MR) is 158 cm³/mol. The SMILES string of the molecule is CCCC#CCC(CC)O[Si](OCCCCCCCCCCCC)(c1ccccc1)c1ccccc1. The van der Waals surface area contributed by atoms with Crippen molar-refractivity contribution in [2.24, 2.45) is 0 Å². The van der Waals surface area contributed by atoms with Crippen molar-refractivity contribution < 1.29 is 8.85 Å². The molecule has 0 aromatic heterocycles. The van der Waals surface area contributed by atoms with Crippen LogP contribution in [0.5, 0.6) is 0 Å². The maximum Gasteiger partial charge on any atom is 0.407 e. The standard InChI is InChI=1S/C33H50O2Si/c1-4-7-9-11-12-13-14-15-16-24-30-34-36(32-26-20-17-21-27-32,33-28-22-18-23-29-33)35-31(6-3)25-19-10-8-5-2/h17-18,20-23,26-29,31H,4-9,11-16,24-25,30H2,1-3H3. The van der Waals surface area contributed by atoms with Crippen molar-refractivity contribution >= 4 is 18.9 Å². The molecule has 0 aliphatic carbocycles. The van der Waals surface area contributed by atoms with Crippen molar-refractivity contribution in [2.45, 2.75) is 117 Å². The van der Waals surface area contributed by atoms with Gasteiger partial charge < -0.3 is 8.85 Å². The van der Waals surface area contributed by atoms with Gasteiger partial charge in [0.1, 0.15) is 0 Å². The number of unbranched alkanes of at least 4 members (excludes halogenated alkanes) is 10. The largest absolute Gasteiger partial charge is 0.407 e. The Balaban J connectivity index is 2.06. The minimum atomic E-state index is -2.86. The van der Waals surface area contributed by atoms with E-state index in [0.717, 1.165) is 38.7 Å². The summed E-state index contributed by atoms with van der Waals surface area (Å²) in [6.45, 7) is 7.39. The number of benzene rings is 2. The Bertz CT molecular complexity index is 801. The first-order valence-corrected chi connectivity index (χ1v) is 16.5. The molecule has 198 valence electrons. The van der Waals surface area contributed by atoms with Crippen LogP contribution >= 0.6 is 0 Å². The van der Waals surface area contributed by atoms with Gasteiger partial charge in [0.25, 0.3) is 0 Å². The van der Waals surface area contributed by atoms with Gasteiger partial charge in [-0.3, -0.25) is 0 Å². The van der Waals surface area contributed by atoms with E-state index in [1.165, 1.54) is 68.2 Å². The lowest BCUT2D eigenvalue weighted by atomic mass is 10.1. The minimum Gasteiger partial charge on any atom is -0.388 e. The Kier molecular flexibility index (Phi) is 16.3. The van der Waals surface area contributed by atoms with Crippen LogP contribution in [0.3, 0.4) is 0 Å². The van der Waals surface area contributed by atoms with Gasteiger partial charge in [0.2, 0.25) is 0 Å². The second-order valence-electron chi connectivity index (χ2n) is 9.83. The van der Waals surface area contributed by atoms with E-state index in [4.69, 9.17) is 8.85 Å². The predicted octanol–water partition coefficient (Wildman–Crippen LogP) is 8.17. The summed E-state index contributed by atoms with van der Waals surface area (Å²) in [5.74, 6) is 6.67. The average Bonchev–Trinajstić information content (AvgIpc) is 2.93. The van der Waals surface area contributed by atoms with Crippen molar-refractivity contribution in [3.63, 3.8) is 0 Å². The molecule has 0 aliphatic heterocycles. The van der Waals surface area contributed by atoms with E-state index >= 15 is 0 Å². The molecule has 3 heteroatoms. The fourth-order valence-corrected chi connectivity index (χ4v) is 7.95. The Morgan fingerprint density at radius 2 is 1.17 bits per heavy atom. The smallest absolute Gasteiger partial charge is 0.388 e. The zero-order valence-electron chi connectivity index (χ0n) is 23.3. The quantitative estimate of drug-likeness (QED) is 0.109. The minimum absolute atomic E-state index is 0.0640. The summed E-state index contributed by atoms with van der Waals surface area (Å²) in [6, 6.07) is 21.3. The van der Waals surface area contributed by atoms with Crippen molar-refractivity contribution in [1.29, 1.82) is 0 Å². The van der Waals surface area contributed by atoms with Crippen LogP contribution in [-0.4, -0.2) is 21.3 Å². The number of hydrogen-bond donors (Lipinski definition) is 0. The van der Waals surface area contributed by atoms with Gasteiger partial charge in [0, 0.05) is 19.4 Å². The van der Waals surface area contributed by atoms with Crippen LogP contribution in [0.25, 0.3) is 0 Å². The molecule has 36 heavy (non-hydrogen) atoms. The van der Waals surface area contributed by atoms with Gasteiger partial charge >= 0.3 is 8.56 Å². The Morgan fingerprint density at radius 1 is 0.639 bits per heavy atom. The molecule has 2 aromatic rings. The van der Waals surface area contributed by atoms with Crippen molar-refractivity contribution in [3.8, 4) is 11.8 Å². The molecule has 0 radical (unpaired) electrons. The average molecular weight is 507 g/mol. The lowest BCUT2D eigenvalue weighted by Gasteiger charge is -2.34. The monoisotopic (exact) mass is 506 g/mol. The van der Waals surface area contributed by atoms with Crippen molar-refractivity contribution in [2.75, 3.05) is 6.61 Å². The normalized spacial score (nSPS) is 12.2. The molecule has 0 N–H and O–H groups in total. The molecule has 0 aliphatic rings. The lowest BCUT2D eigenvalue weighted by molar-refractivity contribution is 0.129. The maximum atomic E-state index is 7.05. The summed E-state index contributed by atoms with van der Waals surface area (Å²) in [4.78, 5) is 0. The van der Waals surface area contributed by atoms with Crippen LogP contribution in [0.2, 0.25) is 0 Å². The highest BCUT2D eigenvalue weighted by atomic mass is 28.4. The Hall–Kier alpha value is -1.86. The molecule has 0 spiro atoms. The van der Waals surface area contributed by atoms with Crippen LogP contribution in [0.15, 0.2) is 60.7 Å². The van der Waals surface area contributed by atoms with E-state index in [0.29, 0.717) is 0 Å². The number of rotatable bonds is 19. The molecule has 2 rings (SSSR count). The summed E-state index contributed by atoms with van der Waals surface area (Å²) in [5.41, 5.74) is 0. The molecule has 0 saturated heterocycles. The molecule has 1 unspecified atom stereocenters.